The predicted molar refractivity (Wildman–Crippen MR) is 71.9 cm³/mol. The standard InChI is InChI=1S/C14H21N3O/c1-14(2)12(11-7-4-3-5-8-11)9-6-10-17(14)16-13(15)18/h3-5,7-8,12H,6,9-10H2,1-2H3,(H3,15,16,18). The zero-order valence-electron chi connectivity index (χ0n) is 11.0. The van der Waals surface area contributed by atoms with Crippen molar-refractivity contribution < 1.29 is 4.79 Å². The molecule has 1 aromatic rings. The molecule has 1 heterocycles. The molecular formula is C14H21N3O. The van der Waals surface area contributed by atoms with E-state index >= 15 is 0 Å². The second-order valence-corrected chi connectivity index (χ2v) is 5.39. The van der Waals surface area contributed by atoms with Gasteiger partial charge in [0, 0.05) is 18.0 Å². The maximum Gasteiger partial charge on any atom is 0.326 e. The molecule has 2 amide bonds. The summed E-state index contributed by atoms with van der Waals surface area (Å²) in [6, 6.07) is 9.97. The fraction of sp³-hybridized carbons (Fsp3) is 0.500. The van der Waals surface area contributed by atoms with Gasteiger partial charge < -0.3 is 5.73 Å². The summed E-state index contributed by atoms with van der Waals surface area (Å²) in [6.45, 7) is 5.15. The summed E-state index contributed by atoms with van der Waals surface area (Å²) >= 11 is 0. The number of hydrogen-bond acceptors (Lipinski definition) is 2. The van der Waals surface area contributed by atoms with Gasteiger partial charge in [-0.05, 0) is 32.3 Å². The number of nitrogens with two attached hydrogens (primary N) is 1. The number of rotatable bonds is 2. The third-order valence-electron chi connectivity index (χ3n) is 3.87. The van der Waals surface area contributed by atoms with Gasteiger partial charge in [-0.15, -0.1) is 0 Å². The molecule has 4 nitrogen and oxygen atoms in total. The smallest absolute Gasteiger partial charge is 0.326 e. The predicted octanol–water partition coefficient (Wildman–Crippen LogP) is 2.23. The molecule has 1 unspecified atom stereocenters. The van der Waals surface area contributed by atoms with Crippen molar-refractivity contribution in [2.75, 3.05) is 6.54 Å². The van der Waals surface area contributed by atoms with E-state index < -0.39 is 6.03 Å². The van der Waals surface area contributed by atoms with Gasteiger partial charge in [0.15, 0.2) is 0 Å². The van der Waals surface area contributed by atoms with Gasteiger partial charge in [-0.1, -0.05) is 30.3 Å². The van der Waals surface area contributed by atoms with Gasteiger partial charge in [0.25, 0.3) is 0 Å². The highest BCUT2D eigenvalue weighted by atomic mass is 16.2. The molecule has 1 saturated heterocycles. The van der Waals surface area contributed by atoms with E-state index in [1.807, 2.05) is 11.1 Å². The molecule has 0 aliphatic carbocycles. The Labute approximate surface area is 108 Å². The monoisotopic (exact) mass is 247 g/mol. The van der Waals surface area contributed by atoms with Crippen LogP contribution in [0.5, 0.6) is 0 Å². The minimum absolute atomic E-state index is 0.130. The van der Waals surface area contributed by atoms with E-state index in [0.29, 0.717) is 5.92 Å². The summed E-state index contributed by atoms with van der Waals surface area (Å²) in [5.41, 5.74) is 9.17. The fourth-order valence-corrected chi connectivity index (χ4v) is 2.88. The van der Waals surface area contributed by atoms with Crippen molar-refractivity contribution in [3.8, 4) is 0 Å². The maximum absolute atomic E-state index is 11.1. The SMILES string of the molecule is CC1(C)C(c2ccccc2)CCCN1NC(N)=O. The van der Waals surface area contributed by atoms with Crippen molar-refractivity contribution >= 4 is 6.03 Å². The first-order chi connectivity index (χ1) is 8.51. The molecule has 1 fully saturated rings. The molecule has 0 saturated carbocycles. The molecule has 0 radical (unpaired) electrons. The van der Waals surface area contributed by atoms with Gasteiger partial charge in [0.2, 0.25) is 0 Å². The first-order valence-electron chi connectivity index (χ1n) is 6.40. The molecule has 1 aromatic carbocycles. The Morgan fingerprint density at radius 2 is 2.06 bits per heavy atom. The van der Waals surface area contributed by atoms with E-state index in [-0.39, 0.29) is 5.54 Å². The van der Waals surface area contributed by atoms with Crippen LogP contribution < -0.4 is 11.2 Å². The lowest BCUT2D eigenvalue weighted by Crippen LogP contribution is -2.60. The van der Waals surface area contributed by atoms with E-state index in [1.165, 1.54) is 5.56 Å². The summed E-state index contributed by atoms with van der Waals surface area (Å²) in [4.78, 5) is 11.1. The van der Waals surface area contributed by atoms with Crippen molar-refractivity contribution in [1.29, 1.82) is 0 Å². The molecule has 2 rings (SSSR count). The summed E-state index contributed by atoms with van der Waals surface area (Å²) in [6.07, 6.45) is 2.19. The van der Waals surface area contributed by atoms with Crippen LogP contribution in [0.15, 0.2) is 30.3 Å². The highest BCUT2D eigenvalue weighted by Gasteiger charge is 2.39. The molecule has 0 bridgehead atoms. The Hall–Kier alpha value is -1.55. The lowest BCUT2D eigenvalue weighted by atomic mass is 9.76. The average molecular weight is 247 g/mol. The van der Waals surface area contributed by atoms with Crippen molar-refractivity contribution in [2.45, 2.75) is 38.1 Å². The quantitative estimate of drug-likeness (QED) is 0.842. The molecule has 1 atom stereocenters. The third-order valence-corrected chi connectivity index (χ3v) is 3.87. The van der Waals surface area contributed by atoms with Gasteiger partial charge in [0.05, 0.1) is 0 Å². The van der Waals surface area contributed by atoms with Gasteiger partial charge in [-0.3, -0.25) is 5.43 Å². The van der Waals surface area contributed by atoms with E-state index in [4.69, 9.17) is 5.73 Å². The maximum atomic E-state index is 11.1. The number of hydrazine groups is 1. The van der Waals surface area contributed by atoms with Crippen LogP contribution >= 0.6 is 0 Å². The zero-order chi connectivity index (χ0) is 13.2. The zero-order valence-corrected chi connectivity index (χ0v) is 11.0. The number of hydrogen-bond donors (Lipinski definition) is 2. The summed E-state index contributed by atoms with van der Waals surface area (Å²) in [7, 11) is 0. The molecule has 0 spiro atoms. The Bertz CT molecular complexity index is 416. The minimum Gasteiger partial charge on any atom is -0.351 e. The van der Waals surface area contributed by atoms with E-state index in [2.05, 4.69) is 43.5 Å². The van der Waals surface area contributed by atoms with Gasteiger partial charge in [-0.2, -0.15) is 0 Å². The largest absolute Gasteiger partial charge is 0.351 e. The Morgan fingerprint density at radius 1 is 1.39 bits per heavy atom. The van der Waals surface area contributed by atoms with Crippen LogP contribution in [0.3, 0.4) is 0 Å². The number of benzene rings is 1. The van der Waals surface area contributed by atoms with E-state index in [1.54, 1.807) is 0 Å². The topological polar surface area (TPSA) is 58.4 Å². The molecule has 3 N–H and O–H groups in total. The Kier molecular flexibility index (Phi) is 3.57. The average Bonchev–Trinajstić information content (AvgIpc) is 2.32. The van der Waals surface area contributed by atoms with Gasteiger partial charge in [0.1, 0.15) is 0 Å². The van der Waals surface area contributed by atoms with Crippen LogP contribution in [0.1, 0.15) is 38.2 Å². The van der Waals surface area contributed by atoms with Crippen LogP contribution in [-0.2, 0) is 0 Å². The number of piperidine rings is 1. The van der Waals surface area contributed by atoms with Crippen LogP contribution in [0, 0.1) is 0 Å². The first-order valence-corrected chi connectivity index (χ1v) is 6.40. The first kappa shape index (κ1) is 12.9. The molecule has 18 heavy (non-hydrogen) atoms. The molecular weight excluding hydrogens is 226 g/mol. The van der Waals surface area contributed by atoms with Crippen molar-refractivity contribution in [3.05, 3.63) is 35.9 Å². The normalized spacial score (nSPS) is 23.6. The van der Waals surface area contributed by atoms with E-state index in [0.717, 1.165) is 19.4 Å². The van der Waals surface area contributed by atoms with Crippen molar-refractivity contribution in [3.63, 3.8) is 0 Å². The molecule has 1 aliphatic heterocycles. The number of amides is 2. The summed E-state index contributed by atoms with van der Waals surface area (Å²) in [5.74, 6) is 0.402. The number of primary amides is 1. The van der Waals surface area contributed by atoms with Crippen molar-refractivity contribution in [1.82, 2.24) is 10.4 Å². The molecule has 98 valence electrons. The third kappa shape index (κ3) is 2.48. The lowest BCUT2D eigenvalue weighted by Gasteiger charge is -2.47. The highest BCUT2D eigenvalue weighted by Crippen LogP contribution is 2.39. The van der Waals surface area contributed by atoms with Crippen molar-refractivity contribution in [2.24, 2.45) is 5.73 Å². The number of nitrogens with zero attached hydrogens (tertiary/aromatic N) is 1. The van der Waals surface area contributed by atoms with E-state index in [9.17, 15) is 4.79 Å². The summed E-state index contributed by atoms with van der Waals surface area (Å²) < 4.78 is 0. The summed E-state index contributed by atoms with van der Waals surface area (Å²) in [5, 5.41) is 1.97. The molecule has 4 heteroatoms. The number of carbonyl (C=O) groups is 1. The van der Waals surface area contributed by atoms with Gasteiger partial charge in [-0.25, -0.2) is 9.80 Å². The van der Waals surface area contributed by atoms with Crippen LogP contribution in [0.2, 0.25) is 0 Å². The Balaban J connectivity index is 2.23. The molecule has 1 aliphatic rings. The number of urea groups is 1. The second-order valence-electron chi connectivity index (χ2n) is 5.39. The Morgan fingerprint density at radius 3 is 2.67 bits per heavy atom. The highest BCUT2D eigenvalue weighted by molar-refractivity contribution is 5.71. The second kappa shape index (κ2) is 4.98. The van der Waals surface area contributed by atoms with Gasteiger partial charge >= 0.3 is 6.03 Å². The number of carbonyl (C=O) groups excluding carboxylic acids is 1. The fourth-order valence-electron chi connectivity index (χ4n) is 2.88. The minimum atomic E-state index is -0.489. The molecule has 0 aromatic heterocycles. The van der Waals surface area contributed by atoms with Crippen LogP contribution in [0.25, 0.3) is 0 Å². The number of nitrogens with one attached hydrogen (secondary N) is 1. The van der Waals surface area contributed by atoms with Crippen LogP contribution in [0.4, 0.5) is 4.79 Å². The van der Waals surface area contributed by atoms with Crippen LogP contribution in [-0.4, -0.2) is 23.1 Å². The lowest BCUT2D eigenvalue weighted by molar-refractivity contribution is 0.0209.